The number of imidazole rings is 1. The van der Waals surface area contributed by atoms with Gasteiger partial charge in [0, 0.05) is 25.2 Å². The van der Waals surface area contributed by atoms with Gasteiger partial charge in [0.1, 0.15) is 5.35 Å². The first kappa shape index (κ1) is 25.4. The number of benzene rings is 1. The Morgan fingerprint density at radius 1 is 1.19 bits per heavy atom. The van der Waals surface area contributed by atoms with Crippen molar-refractivity contribution in [2.45, 2.75) is 52.6 Å². The van der Waals surface area contributed by atoms with Crippen molar-refractivity contribution in [1.29, 1.82) is 0 Å². The second-order valence-electron chi connectivity index (χ2n) is 9.29. The Labute approximate surface area is 211 Å². The van der Waals surface area contributed by atoms with Crippen LogP contribution >= 0.6 is 0 Å². The molecule has 8 nitrogen and oxygen atoms in total. The van der Waals surface area contributed by atoms with Crippen molar-refractivity contribution in [3.05, 3.63) is 74.9 Å². The third kappa shape index (κ3) is 6.31. The van der Waals surface area contributed by atoms with Gasteiger partial charge < -0.3 is 15.5 Å². The smallest absolute Gasteiger partial charge is 0.326 e. The monoisotopic (exact) mass is 488 g/mol. The van der Waals surface area contributed by atoms with Crippen molar-refractivity contribution in [2.75, 3.05) is 19.7 Å². The average Bonchev–Trinajstić information content (AvgIpc) is 3.48. The molecule has 1 aliphatic heterocycles. The summed E-state index contributed by atoms with van der Waals surface area (Å²) in [5.74, 6) is 0.630. The summed E-state index contributed by atoms with van der Waals surface area (Å²) in [6.07, 6.45) is 6.35. The highest BCUT2D eigenvalue weighted by Gasteiger charge is 2.12. The van der Waals surface area contributed by atoms with Crippen LogP contribution in [-0.4, -0.2) is 45.0 Å². The van der Waals surface area contributed by atoms with Crippen LogP contribution in [0, 0.1) is 0 Å². The number of H-pyrrole nitrogens is 1. The summed E-state index contributed by atoms with van der Waals surface area (Å²) in [7, 11) is 0. The molecule has 1 fully saturated rings. The predicted molar refractivity (Wildman–Crippen MR) is 145 cm³/mol. The molecule has 0 spiro atoms. The van der Waals surface area contributed by atoms with Crippen LogP contribution in [0.5, 0.6) is 0 Å². The topological polar surface area (TPSA) is 102 Å². The highest BCUT2D eigenvalue weighted by molar-refractivity contribution is 5.77. The maximum atomic E-state index is 12.6. The maximum Gasteiger partial charge on any atom is 0.326 e. The van der Waals surface area contributed by atoms with Gasteiger partial charge in [-0.3, -0.25) is 14.5 Å². The number of aliphatic imine (C=N–C) groups is 1. The van der Waals surface area contributed by atoms with E-state index in [1.54, 1.807) is 17.7 Å². The summed E-state index contributed by atoms with van der Waals surface area (Å²) >= 11 is 0. The van der Waals surface area contributed by atoms with Gasteiger partial charge in [-0.2, -0.15) is 4.99 Å². The quantitative estimate of drug-likeness (QED) is 0.274. The van der Waals surface area contributed by atoms with Crippen LogP contribution in [0.25, 0.3) is 23.7 Å². The summed E-state index contributed by atoms with van der Waals surface area (Å²) in [4.78, 5) is 26.8. The highest BCUT2D eigenvalue weighted by Crippen LogP contribution is 2.20. The molecule has 1 aromatic carbocycles. The van der Waals surface area contributed by atoms with E-state index in [2.05, 4.69) is 57.6 Å². The predicted octanol–water partition coefficient (Wildman–Crippen LogP) is 2.55. The van der Waals surface area contributed by atoms with Gasteiger partial charge >= 0.3 is 5.69 Å². The molecule has 0 bridgehead atoms. The number of likely N-dealkylation sites (tertiary alicyclic amines) is 1. The van der Waals surface area contributed by atoms with Crippen molar-refractivity contribution in [3.8, 4) is 11.3 Å². The van der Waals surface area contributed by atoms with E-state index in [4.69, 9.17) is 10.5 Å². The molecule has 190 valence electrons. The minimum absolute atomic E-state index is 0.173. The summed E-state index contributed by atoms with van der Waals surface area (Å²) in [6, 6.07) is 12.5. The standard InChI is InChI=1S/C28H36N6O2/c1-4-5-15-36-21(3)31-27(29)26-20(2)34(28(35)32-26)19-23-11-12-25(30-17-23)24-10-8-9-22(16-24)18-33-13-6-7-14-33/h8-12,16-17H,2,4-7,13-15,18-19,29H2,1,3H3,(H,32,35)/b27-26+,31-21+. The van der Waals surface area contributed by atoms with E-state index in [-0.39, 0.29) is 11.5 Å². The molecule has 36 heavy (non-hydrogen) atoms. The van der Waals surface area contributed by atoms with Gasteiger partial charge in [-0.1, -0.05) is 44.2 Å². The number of nitrogens with one attached hydrogen (secondary N) is 1. The molecule has 0 aliphatic carbocycles. The van der Waals surface area contributed by atoms with Crippen LogP contribution in [0.2, 0.25) is 0 Å². The lowest BCUT2D eigenvalue weighted by Gasteiger charge is -2.15. The number of nitrogens with zero attached hydrogens (tertiary/aromatic N) is 4. The van der Waals surface area contributed by atoms with E-state index in [1.807, 2.05) is 12.1 Å². The molecule has 4 rings (SSSR count). The number of unbranched alkanes of at least 4 members (excludes halogenated alkanes) is 1. The maximum absolute atomic E-state index is 12.6. The number of pyridine rings is 1. The Balaban J connectivity index is 1.49. The van der Waals surface area contributed by atoms with E-state index in [9.17, 15) is 4.79 Å². The molecule has 0 unspecified atom stereocenters. The molecule has 3 aromatic rings. The van der Waals surface area contributed by atoms with Crippen molar-refractivity contribution in [1.82, 2.24) is 19.4 Å². The number of hydrogen-bond acceptors (Lipinski definition) is 6. The van der Waals surface area contributed by atoms with Gasteiger partial charge in [0.25, 0.3) is 0 Å². The van der Waals surface area contributed by atoms with Crippen molar-refractivity contribution < 1.29 is 4.74 Å². The Kier molecular flexibility index (Phi) is 8.38. The molecular formula is C28H36N6O2. The molecule has 0 amide bonds. The van der Waals surface area contributed by atoms with E-state index in [0.717, 1.165) is 36.2 Å². The van der Waals surface area contributed by atoms with Crippen molar-refractivity contribution in [2.24, 2.45) is 10.7 Å². The van der Waals surface area contributed by atoms with E-state index < -0.39 is 0 Å². The number of aromatic amines is 1. The first-order valence-electron chi connectivity index (χ1n) is 12.7. The van der Waals surface area contributed by atoms with Crippen molar-refractivity contribution in [3.63, 3.8) is 0 Å². The molecule has 1 saturated heterocycles. The zero-order valence-electron chi connectivity index (χ0n) is 21.3. The number of nitrogens with two attached hydrogens (primary N) is 1. The summed E-state index contributed by atoms with van der Waals surface area (Å²) in [5.41, 5.74) is 10.0. The average molecular weight is 489 g/mol. The Bertz CT molecular complexity index is 1360. The summed E-state index contributed by atoms with van der Waals surface area (Å²) in [5, 5.41) is 0.874. The van der Waals surface area contributed by atoms with Gasteiger partial charge in [-0.05, 0) is 55.6 Å². The number of ether oxygens (including phenoxy) is 1. The lowest BCUT2D eigenvalue weighted by Crippen LogP contribution is -2.34. The largest absolute Gasteiger partial charge is 0.481 e. The molecule has 8 heteroatoms. The van der Waals surface area contributed by atoms with Crippen LogP contribution in [-0.2, 0) is 17.8 Å². The lowest BCUT2D eigenvalue weighted by molar-refractivity contribution is 0.294. The number of rotatable bonds is 9. The lowest BCUT2D eigenvalue weighted by atomic mass is 10.1. The van der Waals surface area contributed by atoms with Crippen LogP contribution in [0.15, 0.2) is 52.4 Å². The molecule has 1 aliphatic rings. The fourth-order valence-electron chi connectivity index (χ4n) is 4.40. The van der Waals surface area contributed by atoms with Gasteiger partial charge in [0.2, 0.25) is 0 Å². The normalized spacial score (nSPS) is 15.3. The SMILES string of the molecule is C=c1/c(=C(N)\N=C(/C)OCCCC)[nH]c(=O)n1Cc1ccc(-c2cccc(CN3CCCC3)c2)nc1. The van der Waals surface area contributed by atoms with E-state index in [0.29, 0.717) is 29.7 Å². The fraction of sp³-hybridized carbons (Fsp3) is 0.393. The second-order valence-corrected chi connectivity index (χ2v) is 9.29. The molecule has 0 radical (unpaired) electrons. The Hall–Kier alpha value is -3.65. The van der Waals surface area contributed by atoms with Crippen LogP contribution in [0.1, 0.15) is 50.7 Å². The van der Waals surface area contributed by atoms with Crippen LogP contribution in [0.4, 0.5) is 0 Å². The summed E-state index contributed by atoms with van der Waals surface area (Å²) < 4.78 is 7.09. The van der Waals surface area contributed by atoms with Crippen LogP contribution < -0.4 is 22.1 Å². The summed E-state index contributed by atoms with van der Waals surface area (Å²) in [6.45, 7) is 12.1. The Morgan fingerprint density at radius 3 is 2.72 bits per heavy atom. The number of aromatic nitrogens is 3. The molecule has 0 atom stereocenters. The van der Waals surface area contributed by atoms with Gasteiger partial charge in [0.15, 0.2) is 11.7 Å². The Morgan fingerprint density at radius 2 is 2.00 bits per heavy atom. The van der Waals surface area contributed by atoms with Gasteiger partial charge in [0.05, 0.1) is 24.2 Å². The molecule has 3 N–H and O–H groups in total. The third-order valence-corrected chi connectivity index (χ3v) is 6.43. The van der Waals surface area contributed by atoms with Crippen LogP contribution in [0.3, 0.4) is 0 Å². The minimum atomic E-state index is -0.295. The molecule has 3 heterocycles. The zero-order chi connectivity index (χ0) is 25.5. The second kappa shape index (κ2) is 11.9. The molecular weight excluding hydrogens is 452 g/mol. The van der Waals surface area contributed by atoms with Crippen molar-refractivity contribution >= 4 is 18.3 Å². The third-order valence-electron chi connectivity index (χ3n) is 6.43. The van der Waals surface area contributed by atoms with E-state index in [1.165, 1.54) is 31.5 Å². The first-order chi connectivity index (χ1) is 17.4. The molecule has 0 saturated carbocycles. The fourth-order valence-corrected chi connectivity index (χ4v) is 4.40. The minimum Gasteiger partial charge on any atom is -0.481 e. The molecule has 2 aromatic heterocycles. The zero-order valence-corrected chi connectivity index (χ0v) is 21.3. The first-order valence-corrected chi connectivity index (χ1v) is 12.7. The van der Waals surface area contributed by atoms with Gasteiger partial charge in [-0.25, -0.2) is 4.79 Å². The van der Waals surface area contributed by atoms with E-state index >= 15 is 0 Å². The van der Waals surface area contributed by atoms with Gasteiger partial charge in [-0.15, -0.1) is 0 Å². The number of hydrogen-bond donors (Lipinski definition) is 2. The highest BCUT2D eigenvalue weighted by atomic mass is 16.5.